The van der Waals surface area contributed by atoms with Crippen LogP contribution < -0.4 is 11.6 Å². The van der Waals surface area contributed by atoms with Gasteiger partial charge in [0.25, 0.3) is 0 Å². The third-order valence-corrected chi connectivity index (χ3v) is 2.78. The van der Waals surface area contributed by atoms with Gasteiger partial charge in [-0.2, -0.15) is 0 Å². The first-order chi connectivity index (χ1) is 6.13. The van der Waals surface area contributed by atoms with E-state index < -0.39 is 0 Å². The van der Waals surface area contributed by atoms with Crippen molar-refractivity contribution in [2.24, 2.45) is 16.7 Å². The second-order valence-electron chi connectivity index (χ2n) is 2.68. The molecular weight excluding hydrogens is 184 g/mol. The molecule has 1 aromatic heterocycles. The number of nitrogens with zero attached hydrogens (tertiary/aromatic N) is 2. The predicted octanol–water partition coefficient (Wildman–Crippen LogP) is 0.736. The fourth-order valence-electron chi connectivity index (χ4n) is 0.925. The lowest BCUT2D eigenvalue weighted by atomic mass is 10.3. The Labute approximate surface area is 81.8 Å². The van der Waals surface area contributed by atoms with Gasteiger partial charge in [-0.25, -0.2) is 11.0 Å². The molecule has 13 heavy (non-hydrogen) atoms. The van der Waals surface area contributed by atoms with E-state index in [9.17, 15) is 0 Å². The van der Waals surface area contributed by atoms with E-state index >= 15 is 0 Å². The van der Waals surface area contributed by atoms with Crippen molar-refractivity contribution in [3.63, 3.8) is 0 Å². The van der Waals surface area contributed by atoms with Crippen molar-refractivity contribution in [1.82, 2.24) is 5.12 Å². The van der Waals surface area contributed by atoms with E-state index in [2.05, 4.69) is 18.1 Å². The zero-order valence-corrected chi connectivity index (χ0v) is 8.64. The summed E-state index contributed by atoms with van der Waals surface area (Å²) < 4.78 is 0. The van der Waals surface area contributed by atoms with Gasteiger partial charge in [-0.15, -0.1) is 16.4 Å². The highest BCUT2D eigenvalue weighted by molar-refractivity contribution is 7.14. The Morgan fingerprint density at radius 2 is 2.31 bits per heavy atom. The average molecular weight is 198 g/mol. The van der Waals surface area contributed by atoms with Crippen molar-refractivity contribution in [3.8, 4) is 0 Å². The molecule has 4 nitrogen and oxygen atoms in total. The first kappa shape index (κ1) is 10.0. The average Bonchev–Trinajstić information content (AvgIpc) is 2.50. The van der Waals surface area contributed by atoms with Crippen LogP contribution in [0.2, 0.25) is 0 Å². The van der Waals surface area contributed by atoms with E-state index in [0.29, 0.717) is 5.84 Å². The number of amidine groups is 1. The Morgan fingerprint density at radius 3 is 2.77 bits per heavy atom. The number of nitrogens with two attached hydrogens (primary N) is 2. The monoisotopic (exact) mass is 198 g/mol. The number of thiophene rings is 1. The summed E-state index contributed by atoms with van der Waals surface area (Å²) >= 11 is 1.64. The van der Waals surface area contributed by atoms with E-state index in [-0.39, 0.29) is 0 Å². The van der Waals surface area contributed by atoms with Crippen molar-refractivity contribution in [2.75, 3.05) is 7.05 Å². The minimum absolute atomic E-state index is 0.467. The topological polar surface area (TPSA) is 67.6 Å². The zero-order valence-electron chi connectivity index (χ0n) is 7.82. The molecule has 1 aromatic rings. The van der Waals surface area contributed by atoms with E-state index in [1.807, 2.05) is 6.07 Å². The Hall–Kier alpha value is -1.07. The standard InChI is InChI=1S/C8H14N4S/c1-3-6-4-5-7(13-6)8(9)11-12(2)10/h4-5H,3,10H2,1-2H3,(H2,9,11). The van der Waals surface area contributed by atoms with E-state index in [0.717, 1.165) is 11.3 Å². The van der Waals surface area contributed by atoms with Crippen molar-refractivity contribution < 1.29 is 0 Å². The lowest BCUT2D eigenvalue weighted by Gasteiger charge is -2.04. The fourth-order valence-corrected chi connectivity index (χ4v) is 1.77. The molecule has 72 valence electrons. The number of rotatable bonds is 3. The molecule has 0 aliphatic heterocycles. The Balaban J connectivity index is 2.82. The molecule has 0 aromatic carbocycles. The summed E-state index contributed by atoms with van der Waals surface area (Å²) in [6, 6.07) is 4.02. The van der Waals surface area contributed by atoms with Crippen LogP contribution in [0.1, 0.15) is 16.7 Å². The summed E-state index contributed by atoms with van der Waals surface area (Å²) in [5.74, 6) is 5.81. The molecule has 5 heteroatoms. The summed E-state index contributed by atoms with van der Waals surface area (Å²) in [5, 5.41) is 5.12. The van der Waals surface area contributed by atoms with Gasteiger partial charge < -0.3 is 5.73 Å². The lowest BCUT2D eigenvalue weighted by Crippen LogP contribution is -2.25. The number of hydrogen-bond acceptors (Lipinski definition) is 4. The van der Waals surface area contributed by atoms with Gasteiger partial charge in [0, 0.05) is 11.9 Å². The van der Waals surface area contributed by atoms with Crippen LogP contribution in [0.3, 0.4) is 0 Å². The summed E-state index contributed by atoms with van der Waals surface area (Å²) in [5.41, 5.74) is 5.70. The molecule has 1 heterocycles. The van der Waals surface area contributed by atoms with E-state index in [4.69, 9.17) is 11.6 Å². The number of hydrazine groups is 1. The summed E-state index contributed by atoms with van der Waals surface area (Å²) in [6.07, 6.45) is 1.02. The van der Waals surface area contributed by atoms with Crippen molar-refractivity contribution in [3.05, 3.63) is 21.9 Å². The SMILES string of the molecule is CCc1ccc(/C(N)=N/N(C)N)s1. The molecule has 0 saturated carbocycles. The molecule has 1 rings (SSSR count). The van der Waals surface area contributed by atoms with Crippen LogP contribution in [0.5, 0.6) is 0 Å². The summed E-state index contributed by atoms with van der Waals surface area (Å²) in [6.45, 7) is 2.11. The van der Waals surface area contributed by atoms with Gasteiger partial charge >= 0.3 is 0 Å². The van der Waals surface area contributed by atoms with Gasteiger partial charge in [-0.05, 0) is 18.6 Å². The summed E-state index contributed by atoms with van der Waals surface area (Å²) in [7, 11) is 1.64. The number of hydrogen-bond donors (Lipinski definition) is 2. The van der Waals surface area contributed by atoms with Crippen LogP contribution in [-0.4, -0.2) is 18.0 Å². The van der Waals surface area contributed by atoms with Gasteiger partial charge in [-0.1, -0.05) is 6.92 Å². The Kier molecular flexibility index (Phi) is 3.27. The highest BCUT2D eigenvalue weighted by Gasteiger charge is 2.02. The molecule has 4 N–H and O–H groups in total. The molecule has 0 aliphatic rings. The third-order valence-electron chi connectivity index (χ3n) is 1.53. The maximum absolute atomic E-state index is 5.70. The highest BCUT2D eigenvalue weighted by atomic mass is 32.1. The quantitative estimate of drug-likeness (QED) is 0.326. The Morgan fingerprint density at radius 1 is 1.62 bits per heavy atom. The predicted molar refractivity (Wildman–Crippen MR) is 56.4 cm³/mol. The van der Waals surface area contributed by atoms with Gasteiger partial charge in [0.1, 0.15) is 0 Å². The Bertz CT molecular complexity index is 303. The summed E-state index contributed by atoms with van der Waals surface area (Å²) in [4.78, 5) is 2.27. The van der Waals surface area contributed by atoms with Crippen molar-refractivity contribution in [1.29, 1.82) is 0 Å². The van der Waals surface area contributed by atoms with Crippen molar-refractivity contribution in [2.45, 2.75) is 13.3 Å². The smallest absolute Gasteiger partial charge is 0.162 e. The van der Waals surface area contributed by atoms with Crippen LogP contribution >= 0.6 is 11.3 Å². The maximum atomic E-state index is 5.70. The van der Waals surface area contributed by atoms with Gasteiger partial charge in [0.15, 0.2) is 5.84 Å². The number of hydrazone groups is 1. The molecule has 0 saturated heterocycles. The molecule has 0 amide bonds. The van der Waals surface area contributed by atoms with E-state index in [1.54, 1.807) is 18.4 Å². The van der Waals surface area contributed by atoms with Crippen LogP contribution in [-0.2, 0) is 6.42 Å². The molecule has 0 aliphatic carbocycles. The molecule has 0 radical (unpaired) electrons. The maximum Gasteiger partial charge on any atom is 0.162 e. The van der Waals surface area contributed by atoms with Crippen LogP contribution in [0.4, 0.5) is 0 Å². The second kappa shape index (κ2) is 4.25. The third kappa shape index (κ3) is 2.71. The lowest BCUT2D eigenvalue weighted by molar-refractivity contribution is 0.372. The van der Waals surface area contributed by atoms with Gasteiger partial charge in [-0.3, -0.25) is 0 Å². The molecule has 0 unspecified atom stereocenters. The minimum atomic E-state index is 0.467. The molecule has 0 fully saturated rings. The zero-order chi connectivity index (χ0) is 9.84. The van der Waals surface area contributed by atoms with Crippen LogP contribution in [0.15, 0.2) is 17.2 Å². The molecule has 0 bridgehead atoms. The normalized spacial score (nSPS) is 11.8. The first-order valence-electron chi connectivity index (χ1n) is 4.05. The van der Waals surface area contributed by atoms with Crippen molar-refractivity contribution >= 4 is 17.2 Å². The fraction of sp³-hybridized carbons (Fsp3) is 0.375. The molecule has 0 atom stereocenters. The second-order valence-corrected chi connectivity index (χ2v) is 3.85. The molecular formula is C8H14N4S. The largest absolute Gasteiger partial charge is 0.381 e. The first-order valence-corrected chi connectivity index (χ1v) is 4.86. The van der Waals surface area contributed by atoms with Gasteiger partial charge in [0.05, 0.1) is 4.88 Å². The number of aryl methyl sites for hydroxylation is 1. The highest BCUT2D eigenvalue weighted by Crippen LogP contribution is 2.16. The van der Waals surface area contributed by atoms with E-state index in [1.165, 1.54) is 10.00 Å². The van der Waals surface area contributed by atoms with Gasteiger partial charge in [0.2, 0.25) is 0 Å². The molecule has 0 spiro atoms. The van der Waals surface area contributed by atoms with Crippen LogP contribution in [0, 0.1) is 0 Å². The minimum Gasteiger partial charge on any atom is -0.381 e. The van der Waals surface area contributed by atoms with Crippen LogP contribution in [0.25, 0.3) is 0 Å².